The lowest BCUT2D eigenvalue weighted by Crippen LogP contribution is -2.69. The van der Waals surface area contributed by atoms with Crippen molar-refractivity contribution >= 4 is 0 Å². The van der Waals surface area contributed by atoms with Gasteiger partial charge in [-0.3, -0.25) is 5.32 Å². The van der Waals surface area contributed by atoms with Crippen LogP contribution in [-0.4, -0.2) is 115 Å². The monoisotopic (exact) mass is 341 g/mol. The fraction of sp³-hybridized carbons (Fsp3) is 1.00. The Morgan fingerprint density at radius 3 is 2.00 bits per heavy atom. The van der Waals surface area contributed by atoms with E-state index in [1.165, 1.54) is 0 Å². The van der Waals surface area contributed by atoms with Crippen molar-refractivity contribution in [3.63, 3.8) is 0 Å². The molecule has 0 spiro atoms. The molecule has 0 radical (unpaired) electrons. The van der Waals surface area contributed by atoms with Crippen LogP contribution in [0.4, 0.5) is 0 Å². The van der Waals surface area contributed by atoms with Crippen molar-refractivity contribution in [1.82, 2.24) is 5.32 Å². The van der Waals surface area contributed by atoms with Crippen LogP contribution in [0.3, 0.4) is 0 Å². The van der Waals surface area contributed by atoms with Gasteiger partial charge in [0.1, 0.15) is 49.0 Å². The van der Waals surface area contributed by atoms with Crippen LogP contribution >= 0.6 is 0 Å². The lowest BCUT2D eigenvalue weighted by Gasteiger charge is -2.45. The van der Waals surface area contributed by atoms with E-state index in [0.29, 0.717) is 0 Å². The van der Waals surface area contributed by atoms with Gasteiger partial charge in [-0.05, 0) is 0 Å². The summed E-state index contributed by atoms with van der Waals surface area (Å²) in [6, 6.07) is -0.997. The minimum atomic E-state index is -1.72. The van der Waals surface area contributed by atoms with Crippen LogP contribution in [-0.2, 0) is 9.47 Å². The second-order valence-electron chi connectivity index (χ2n) is 5.68. The first-order chi connectivity index (χ1) is 10.8. The molecule has 2 heterocycles. The van der Waals surface area contributed by atoms with Gasteiger partial charge in [0.05, 0.1) is 19.3 Å². The van der Waals surface area contributed by atoms with E-state index in [2.05, 4.69) is 5.32 Å². The maximum Gasteiger partial charge on any atom is 0.184 e. The van der Waals surface area contributed by atoms with Crippen LogP contribution in [0.25, 0.3) is 0 Å². The van der Waals surface area contributed by atoms with E-state index >= 15 is 0 Å². The van der Waals surface area contributed by atoms with Gasteiger partial charge in [-0.1, -0.05) is 0 Å². The van der Waals surface area contributed by atoms with Crippen molar-refractivity contribution in [2.75, 3.05) is 13.2 Å². The zero-order valence-electron chi connectivity index (χ0n) is 12.1. The van der Waals surface area contributed by atoms with E-state index in [9.17, 15) is 35.7 Å². The highest BCUT2D eigenvalue weighted by atomic mass is 16.7. The van der Waals surface area contributed by atoms with E-state index < -0.39 is 74.5 Å². The Kier molecular flexibility index (Phi) is 6.27. The second-order valence-corrected chi connectivity index (χ2v) is 5.68. The van der Waals surface area contributed by atoms with Crippen LogP contribution in [0.1, 0.15) is 0 Å². The predicted molar refractivity (Wildman–Crippen MR) is 70.7 cm³/mol. The Hall–Kier alpha value is -0.440. The zero-order chi connectivity index (χ0) is 17.3. The fourth-order valence-electron chi connectivity index (χ4n) is 2.71. The number of ether oxygens (including phenoxy) is 2. The minimum absolute atomic E-state index is 0.556. The largest absolute Gasteiger partial charge is 0.395 e. The molecule has 0 aromatic carbocycles. The van der Waals surface area contributed by atoms with Gasteiger partial charge in [0.25, 0.3) is 0 Å². The number of rotatable bonds is 4. The Morgan fingerprint density at radius 1 is 0.783 bits per heavy atom. The molecule has 0 aliphatic carbocycles. The number of piperidine rings is 1. The summed E-state index contributed by atoms with van der Waals surface area (Å²) in [6.07, 6.45) is -13.6. The highest BCUT2D eigenvalue weighted by Crippen LogP contribution is 2.26. The lowest BCUT2D eigenvalue weighted by atomic mass is 9.94. The predicted octanol–water partition coefficient (Wildman–Crippen LogP) is -5.82. The number of aliphatic hydroxyl groups excluding tert-OH is 8. The molecule has 23 heavy (non-hydrogen) atoms. The Labute approximate surface area is 131 Å². The lowest BCUT2D eigenvalue weighted by molar-refractivity contribution is -0.311. The van der Waals surface area contributed by atoms with Gasteiger partial charge in [0, 0.05) is 0 Å². The fourth-order valence-corrected chi connectivity index (χ4v) is 2.71. The zero-order valence-corrected chi connectivity index (χ0v) is 12.1. The molecule has 0 saturated carbocycles. The van der Waals surface area contributed by atoms with Gasteiger partial charge in [0.2, 0.25) is 0 Å². The standard InChI is InChI=1S/C12H23NO10/c14-1-3-5(16)6(17)8(19)11(13-3)23-10-4(2-15)22-12(21)9(20)7(10)18/h3-21H,1-2H2/t3-,4-,5+,6+,7-,8-,9?,10-,11+,12?/m1/s1. The average Bonchev–Trinajstić information content (AvgIpc) is 2.55. The summed E-state index contributed by atoms with van der Waals surface area (Å²) in [4.78, 5) is 0. The molecular formula is C12H23NO10. The van der Waals surface area contributed by atoms with Crippen molar-refractivity contribution in [1.29, 1.82) is 0 Å². The van der Waals surface area contributed by atoms with Crippen molar-refractivity contribution in [3.05, 3.63) is 0 Å². The third kappa shape index (κ3) is 3.65. The molecule has 2 fully saturated rings. The maximum absolute atomic E-state index is 9.97. The smallest absolute Gasteiger partial charge is 0.184 e. The van der Waals surface area contributed by atoms with Crippen LogP contribution in [0.5, 0.6) is 0 Å². The maximum atomic E-state index is 9.97. The molecule has 2 aliphatic rings. The topological polar surface area (TPSA) is 192 Å². The molecule has 0 aromatic rings. The molecule has 2 saturated heterocycles. The van der Waals surface area contributed by atoms with Crippen molar-refractivity contribution < 1.29 is 50.3 Å². The molecule has 10 atom stereocenters. The molecule has 136 valence electrons. The van der Waals surface area contributed by atoms with Crippen molar-refractivity contribution in [3.8, 4) is 0 Å². The van der Waals surface area contributed by atoms with Gasteiger partial charge < -0.3 is 50.3 Å². The molecule has 0 amide bonds. The van der Waals surface area contributed by atoms with E-state index in [1.807, 2.05) is 0 Å². The molecule has 2 aliphatic heterocycles. The molecule has 0 aromatic heterocycles. The Morgan fingerprint density at radius 2 is 1.43 bits per heavy atom. The molecule has 9 N–H and O–H groups in total. The van der Waals surface area contributed by atoms with Gasteiger partial charge in [0.15, 0.2) is 6.29 Å². The first-order valence-electron chi connectivity index (χ1n) is 7.18. The third-order valence-corrected chi connectivity index (χ3v) is 4.14. The second kappa shape index (κ2) is 7.63. The Bertz CT molecular complexity index is 383. The average molecular weight is 341 g/mol. The molecular weight excluding hydrogens is 318 g/mol. The van der Waals surface area contributed by atoms with E-state index in [4.69, 9.17) is 14.6 Å². The van der Waals surface area contributed by atoms with E-state index in [1.54, 1.807) is 0 Å². The Balaban J connectivity index is 2.11. The molecule has 11 nitrogen and oxygen atoms in total. The summed E-state index contributed by atoms with van der Waals surface area (Å²) >= 11 is 0. The summed E-state index contributed by atoms with van der Waals surface area (Å²) < 4.78 is 10.3. The SMILES string of the molecule is OC[C@H]1N[C@@H](O[C@H]2[C@H](O)C(O)C(O)O[C@@H]2CO)[C@H](O)[C@@H](O)[C@H]1O. The summed E-state index contributed by atoms with van der Waals surface area (Å²) in [7, 11) is 0. The molecule has 11 heteroatoms. The molecule has 2 rings (SSSR count). The third-order valence-electron chi connectivity index (χ3n) is 4.14. The highest BCUT2D eigenvalue weighted by Gasteiger charge is 2.49. The first-order valence-corrected chi connectivity index (χ1v) is 7.18. The molecule has 2 unspecified atom stereocenters. The van der Waals surface area contributed by atoms with Crippen molar-refractivity contribution in [2.24, 2.45) is 0 Å². The van der Waals surface area contributed by atoms with Crippen molar-refractivity contribution in [2.45, 2.75) is 61.3 Å². The van der Waals surface area contributed by atoms with Crippen LogP contribution in [0.2, 0.25) is 0 Å². The normalized spacial score (nSPS) is 51.7. The number of hydrogen-bond donors (Lipinski definition) is 9. The van der Waals surface area contributed by atoms with Gasteiger partial charge in [-0.25, -0.2) is 0 Å². The van der Waals surface area contributed by atoms with Gasteiger partial charge in [-0.15, -0.1) is 0 Å². The van der Waals surface area contributed by atoms with Gasteiger partial charge >= 0.3 is 0 Å². The number of hydrogen-bond acceptors (Lipinski definition) is 11. The number of aliphatic hydroxyl groups is 8. The highest BCUT2D eigenvalue weighted by molar-refractivity contribution is 4.97. The van der Waals surface area contributed by atoms with Gasteiger partial charge in [-0.2, -0.15) is 0 Å². The summed E-state index contributed by atoms with van der Waals surface area (Å²) in [5.41, 5.74) is 0. The molecule has 0 bridgehead atoms. The summed E-state index contributed by atoms with van der Waals surface area (Å²) in [5.74, 6) is 0. The summed E-state index contributed by atoms with van der Waals surface area (Å²) in [6.45, 7) is -1.21. The first kappa shape index (κ1) is 18.9. The summed E-state index contributed by atoms with van der Waals surface area (Å²) in [5, 5.41) is 79.3. The quantitative estimate of drug-likeness (QED) is 0.236. The number of nitrogens with one attached hydrogen (secondary N) is 1. The minimum Gasteiger partial charge on any atom is -0.395 e. The van der Waals surface area contributed by atoms with E-state index in [-0.39, 0.29) is 0 Å². The van der Waals surface area contributed by atoms with Crippen LogP contribution in [0.15, 0.2) is 0 Å². The van der Waals surface area contributed by atoms with E-state index in [0.717, 1.165) is 0 Å². The van der Waals surface area contributed by atoms with Crippen LogP contribution in [0, 0.1) is 0 Å². The van der Waals surface area contributed by atoms with Crippen LogP contribution < -0.4 is 5.32 Å².